The van der Waals surface area contributed by atoms with Crippen LogP contribution in [0.4, 0.5) is 0 Å². The molecule has 1 fully saturated rings. The van der Waals surface area contributed by atoms with Gasteiger partial charge in [-0.3, -0.25) is 14.6 Å². The predicted molar refractivity (Wildman–Crippen MR) is 124 cm³/mol. The van der Waals surface area contributed by atoms with E-state index in [1.165, 1.54) is 6.26 Å². The molecule has 0 unspecified atom stereocenters. The number of piperazine rings is 1. The number of aromatic nitrogens is 1. The summed E-state index contributed by atoms with van der Waals surface area (Å²) in [6.07, 6.45) is 4.11. The van der Waals surface area contributed by atoms with Crippen LogP contribution in [0.5, 0.6) is 0 Å². The fourth-order valence-electron chi connectivity index (χ4n) is 4.80. The van der Waals surface area contributed by atoms with Crippen molar-refractivity contribution in [3.05, 3.63) is 65.2 Å². The second-order valence-electron chi connectivity index (χ2n) is 9.00. The molecule has 2 aliphatic rings. The molecule has 1 atom stereocenters. The summed E-state index contributed by atoms with van der Waals surface area (Å²) in [7, 11) is 0. The van der Waals surface area contributed by atoms with Crippen LogP contribution in [0.3, 0.4) is 0 Å². The second kappa shape index (κ2) is 9.29. The van der Waals surface area contributed by atoms with E-state index in [9.17, 15) is 14.4 Å². The minimum Gasteiger partial charge on any atom is -0.459 e. The van der Waals surface area contributed by atoms with Gasteiger partial charge < -0.3 is 19.0 Å². The summed E-state index contributed by atoms with van der Waals surface area (Å²) in [5.41, 5.74) is 3.20. The number of nitrogens with zero attached hydrogens (tertiary/aromatic N) is 3. The van der Waals surface area contributed by atoms with Crippen LogP contribution in [-0.2, 0) is 22.4 Å². The maximum atomic E-state index is 13.2. The number of pyridine rings is 1. The third-order valence-electron chi connectivity index (χ3n) is 6.69. The predicted octanol–water partition coefficient (Wildman–Crippen LogP) is 3.09. The zero-order valence-electron chi connectivity index (χ0n) is 19.2. The lowest BCUT2D eigenvalue weighted by molar-refractivity contribution is -0.136. The number of rotatable bonds is 4. The zero-order valence-corrected chi connectivity index (χ0v) is 19.2. The highest BCUT2D eigenvalue weighted by molar-refractivity contribution is 6.05. The molecule has 2 aromatic heterocycles. The van der Waals surface area contributed by atoms with Gasteiger partial charge in [0.05, 0.1) is 17.3 Å². The molecule has 8 heteroatoms. The first kappa shape index (κ1) is 22.1. The number of benzene rings is 1. The van der Waals surface area contributed by atoms with Crippen molar-refractivity contribution in [2.24, 2.45) is 5.92 Å². The van der Waals surface area contributed by atoms with Crippen molar-refractivity contribution in [2.75, 3.05) is 32.8 Å². The van der Waals surface area contributed by atoms with Crippen molar-refractivity contribution in [1.29, 1.82) is 0 Å². The van der Waals surface area contributed by atoms with Gasteiger partial charge in [0.25, 0.3) is 11.8 Å². The molecule has 1 aliphatic heterocycles. The van der Waals surface area contributed by atoms with Crippen LogP contribution in [-0.4, -0.2) is 65.4 Å². The number of esters is 1. The molecule has 176 valence electrons. The molecule has 0 radical (unpaired) electrons. The Morgan fingerprint density at radius 3 is 2.59 bits per heavy atom. The lowest BCUT2D eigenvalue weighted by Crippen LogP contribution is -2.51. The molecule has 5 rings (SSSR count). The molecular formula is C26H27N3O5. The lowest BCUT2D eigenvalue weighted by Gasteiger charge is -2.34. The van der Waals surface area contributed by atoms with Crippen molar-refractivity contribution < 1.29 is 23.5 Å². The van der Waals surface area contributed by atoms with Crippen LogP contribution in [0.2, 0.25) is 0 Å². The summed E-state index contributed by atoms with van der Waals surface area (Å²) in [6, 6.07) is 10.9. The van der Waals surface area contributed by atoms with Gasteiger partial charge in [0.2, 0.25) is 0 Å². The SMILES string of the molecule is C[C@H]1CCc2nc3ccccc3c(C(=O)OCC(=O)N3CCN(C(=O)c4ccco4)CC3)c2C1. The molecule has 0 bridgehead atoms. The molecule has 2 amide bonds. The summed E-state index contributed by atoms with van der Waals surface area (Å²) in [6.45, 7) is 3.42. The number of ether oxygens (including phenoxy) is 1. The molecular weight excluding hydrogens is 434 g/mol. The Morgan fingerprint density at radius 2 is 1.82 bits per heavy atom. The highest BCUT2D eigenvalue weighted by Gasteiger charge is 2.29. The van der Waals surface area contributed by atoms with Crippen molar-refractivity contribution >= 4 is 28.7 Å². The van der Waals surface area contributed by atoms with Crippen LogP contribution in [0, 0.1) is 5.92 Å². The minimum absolute atomic E-state index is 0.188. The summed E-state index contributed by atoms with van der Waals surface area (Å²) >= 11 is 0. The highest BCUT2D eigenvalue weighted by atomic mass is 16.5. The van der Waals surface area contributed by atoms with E-state index in [0.29, 0.717) is 37.7 Å². The molecule has 1 saturated heterocycles. The van der Waals surface area contributed by atoms with E-state index in [4.69, 9.17) is 14.1 Å². The molecule has 3 heterocycles. The summed E-state index contributed by atoms with van der Waals surface area (Å²) in [5, 5.41) is 0.762. The number of carbonyl (C=O) groups excluding carboxylic acids is 3. The van der Waals surface area contributed by atoms with Gasteiger partial charge in [0, 0.05) is 37.3 Å². The van der Waals surface area contributed by atoms with E-state index in [1.54, 1.807) is 21.9 Å². The van der Waals surface area contributed by atoms with Gasteiger partial charge in [-0.1, -0.05) is 25.1 Å². The molecule has 3 aromatic rings. The number of hydrogen-bond donors (Lipinski definition) is 0. The normalized spacial score (nSPS) is 18.0. The molecule has 0 N–H and O–H groups in total. The number of amides is 2. The highest BCUT2D eigenvalue weighted by Crippen LogP contribution is 2.32. The van der Waals surface area contributed by atoms with Gasteiger partial charge in [0.1, 0.15) is 0 Å². The first-order valence-corrected chi connectivity index (χ1v) is 11.7. The van der Waals surface area contributed by atoms with Crippen LogP contribution >= 0.6 is 0 Å². The third-order valence-corrected chi connectivity index (χ3v) is 6.69. The Bertz CT molecular complexity index is 1230. The maximum Gasteiger partial charge on any atom is 0.339 e. The van der Waals surface area contributed by atoms with Gasteiger partial charge in [0.15, 0.2) is 12.4 Å². The molecule has 1 aromatic carbocycles. The Labute approximate surface area is 197 Å². The first-order chi connectivity index (χ1) is 16.5. The van der Waals surface area contributed by atoms with E-state index in [0.717, 1.165) is 41.4 Å². The van der Waals surface area contributed by atoms with Crippen LogP contribution < -0.4 is 0 Å². The monoisotopic (exact) mass is 461 g/mol. The number of para-hydroxylation sites is 1. The summed E-state index contributed by atoms with van der Waals surface area (Å²) < 4.78 is 10.7. The Morgan fingerprint density at radius 1 is 1.06 bits per heavy atom. The van der Waals surface area contributed by atoms with Gasteiger partial charge in [-0.05, 0) is 48.9 Å². The van der Waals surface area contributed by atoms with E-state index < -0.39 is 5.97 Å². The van der Waals surface area contributed by atoms with E-state index in [1.807, 2.05) is 24.3 Å². The fraction of sp³-hybridized carbons (Fsp3) is 0.385. The Kier molecular flexibility index (Phi) is 6.04. The van der Waals surface area contributed by atoms with Crippen molar-refractivity contribution in [3.8, 4) is 0 Å². The fourth-order valence-corrected chi connectivity index (χ4v) is 4.80. The minimum atomic E-state index is -0.482. The van der Waals surface area contributed by atoms with Gasteiger partial charge in [-0.2, -0.15) is 0 Å². The molecule has 0 saturated carbocycles. The summed E-state index contributed by atoms with van der Waals surface area (Å²) in [5.74, 6) is -0.185. The average molecular weight is 462 g/mol. The quantitative estimate of drug-likeness (QED) is 0.555. The number of carbonyl (C=O) groups is 3. The largest absolute Gasteiger partial charge is 0.459 e. The van der Waals surface area contributed by atoms with Crippen LogP contribution in [0.25, 0.3) is 10.9 Å². The maximum absolute atomic E-state index is 13.2. The smallest absolute Gasteiger partial charge is 0.339 e. The molecule has 0 spiro atoms. The van der Waals surface area contributed by atoms with E-state index in [2.05, 4.69) is 6.92 Å². The number of hydrogen-bond acceptors (Lipinski definition) is 6. The molecule has 34 heavy (non-hydrogen) atoms. The standard InChI is InChI=1S/C26H27N3O5/c1-17-8-9-21-19(15-17)24(18-5-2-3-6-20(18)27-21)26(32)34-16-23(30)28-10-12-29(13-11-28)25(31)22-7-4-14-33-22/h2-7,14,17H,8-13,15-16H2,1H3/t17-/m0/s1. The Hall–Kier alpha value is -3.68. The second-order valence-corrected chi connectivity index (χ2v) is 9.00. The van der Waals surface area contributed by atoms with E-state index in [-0.39, 0.29) is 24.2 Å². The van der Waals surface area contributed by atoms with Gasteiger partial charge in [-0.15, -0.1) is 0 Å². The van der Waals surface area contributed by atoms with E-state index >= 15 is 0 Å². The number of fused-ring (bicyclic) bond motifs is 2. The summed E-state index contributed by atoms with van der Waals surface area (Å²) in [4.78, 5) is 46.4. The van der Waals surface area contributed by atoms with Crippen LogP contribution in [0.1, 0.15) is 45.5 Å². The number of furan rings is 1. The third kappa shape index (κ3) is 4.27. The van der Waals surface area contributed by atoms with Crippen molar-refractivity contribution in [1.82, 2.24) is 14.8 Å². The molecule has 1 aliphatic carbocycles. The van der Waals surface area contributed by atoms with Gasteiger partial charge >= 0.3 is 5.97 Å². The molecule has 8 nitrogen and oxygen atoms in total. The lowest BCUT2D eigenvalue weighted by atomic mass is 9.84. The van der Waals surface area contributed by atoms with Crippen molar-refractivity contribution in [3.63, 3.8) is 0 Å². The Balaban J connectivity index is 1.25. The van der Waals surface area contributed by atoms with Gasteiger partial charge in [-0.25, -0.2) is 4.79 Å². The first-order valence-electron chi connectivity index (χ1n) is 11.7. The number of aryl methyl sites for hydroxylation is 1. The topological polar surface area (TPSA) is 93.0 Å². The average Bonchev–Trinajstić information content (AvgIpc) is 3.40. The van der Waals surface area contributed by atoms with Crippen LogP contribution in [0.15, 0.2) is 47.1 Å². The van der Waals surface area contributed by atoms with Crippen molar-refractivity contribution in [2.45, 2.75) is 26.2 Å². The zero-order chi connectivity index (χ0) is 23.7.